The molecule has 186 valence electrons. The fourth-order valence-corrected chi connectivity index (χ4v) is 12.3. The fourth-order valence-electron chi connectivity index (χ4n) is 5.04. The van der Waals surface area contributed by atoms with Gasteiger partial charge in [-0.2, -0.15) is 0 Å². The summed E-state index contributed by atoms with van der Waals surface area (Å²) in [6, 6.07) is 9.53. The molecule has 1 heterocycles. The van der Waals surface area contributed by atoms with Crippen LogP contribution in [0.15, 0.2) is 24.3 Å². The Labute approximate surface area is 213 Å². The SMILES string of the molecule is Cc1cc(C)c(C2=PC(c3c(C)cc(C)cc3C)P2CCCCO[Si](C)(C)C(C)(C)C)c(C)c1. The molecule has 2 aromatic carbocycles. The van der Waals surface area contributed by atoms with Crippen LogP contribution >= 0.6 is 16.1 Å². The summed E-state index contributed by atoms with van der Waals surface area (Å²) in [4.78, 5) is 0. The third-order valence-corrected chi connectivity index (χ3v) is 18.0. The van der Waals surface area contributed by atoms with Gasteiger partial charge in [0.05, 0.1) is 5.40 Å². The van der Waals surface area contributed by atoms with Crippen LogP contribution in [0.3, 0.4) is 0 Å². The predicted molar refractivity (Wildman–Crippen MR) is 159 cm³/mol. The minimum absolute atomic E-state index is 0.168. The molecule has 2 unspecified atom stereocenters. The lowest BCUT2D eigenvalue weighted by Crippen LogP contribution is -2.40. The lowest BCUT2D eigenvalue weighted by atomic mass is 10.0. The second kappa shape index (κ2) is 10.7. The highest BCUT2D eigenvalue weighted by Crippen LogP contribution is 2.71. The Bertz CT molecular complexity index is 1030. The highest BCUT2D eigenvalue weighted by atomic mass is 31.2. The molecular weight excluding hydrogens is 466 g/mol. The monoisotopic (exact) mass is 512 g/mol. The molecule has 4 heteroatoms. The van der Waals surface area contributed by atoms with Gasteiger partial charge in [0, 0.05) is 11.6 Å². The number of benzene rings is 2. The molecule has 1 nitrogen and oxygen atoms in total. The van der Waals surface area contributed by atoms with Gasteiger partial charge in [-0.25, -0.2) is 0 Å². The van der Waals surface area contributed by atoms with E-state index in [0.717, 1.165) is 6.61 Å². The summed E-state index contributed by atoms with van der Waals surface area (Å²) in [7, 11) is -0.278. The Morgan fingerprint density at radius 1 is 0.824 bits per heavy atom. The molecule has 2 aromatic rings. The van der Waals surface area contributed by atoms with Gasteiger partial charge in [0.15, 0.2) is 8.32 Å². The van der Waals surface area contributed by atoms with Crippen molar-refractivity contribution < 1.29 is 4.43 Å². The number of hydrogen-bond acceptors (Lipinski definition) is 1. The van der Waals surface area contributed by atoms with E-state index in [9.17, 15) is 0 Å². The van der Waals surface area contributed by atoms with E-state index in [4.69, 9.17) is 4.43 Å². The number of unbranched alkanes of at least 4 members (excludes halogenated alkanes) is 1. The summed E-state index contributed by atoms with van der Waals surface area (Å²) in [6.45, 7) is 26.4. The minimum Gasteiger partial charge on any atom is -0.417 e. The largest absolute Gasteiger partial charge is 0.417 e. The second-order valence-electron chi connectivity index (χ2n) is 11.9. The standard InChI is InChI=1S/C30H46OP2Si/c1-20-16-22(3)26(23(4)17-20)28-32-29(27-24(5)18-21(2)19-25(27)6)33(28)15-13-12-14-31-34(10,11)30(7,8)9/h16-19,28H,12-15H2,1-11H3. The van der Waals surface area contributed by atoms with Crippen LogP contribution in [0.25, 0.3) is 0 Å². The molecule has 0 saturated carbocycles. The van der Waals surface area contributed by atoms with Gasteiger partial charge in [-0.05, 0) is 112 Å². The Morgan fingerprint density at radius 2 is 1.32 bits per heavy atom. The summed E-state index contributed by atoms with van der Waals surface area (Å²) >= 11 is 0. The zero-order chi connectivity index (χ0) is 25.4. The van der Waals surface area contributed by atoms with E-state index >= 15 is 0 Å². The van der Waals surface area contributed by atoms with E-state index in [2.05, 4.69) is 99.7 Å². The summed E-state index contributed by atoms with van der Waals surface area (Å²) in [5.74, 6) is 0. The molecule has 0 aliphatic carbocycles. The number of aryl methyl sites for hydroxylation is 6. The van der Waals surface area contributed by atoms with E-state index in [0.29, 0.717) is 5.40 Å². The van der Waals surface area contributed by atoms with Gasteiger partial charge in [-0.1, -0.05) is 72.3 Å². The Balaban J connectivity index is 1.82. The van der Waals surface area contributed by atoms with Crippen LogP contribution in [-0.4, -0.2) is 26.1 Å². The Kier molecular flexibility index (Phi) is 8.73. The van der Waals surface area contributed by atoms with E-state index in [1.807, 2.05) is 0 Å². The zero-order valence-corrected chi connectivity index (χ0v) is 26.3. The fraction of sp³-hybridized carbons (Fsp3) is 0.567. The average Bonchev–Trinajstić information content (AvgIpc) is 2.66. The van der Waals surface area contributed by atoms with Crippen LogP contribution in [-0.2, 0) is 4.43 Å². The smallest absolute Gasteiger partial charge is 0.191 e. The Morgan fingerprint density at radius 3 is 1.82 bits per heavy atom. The molecule has 0 N–H and O–H groups in total. The van der Waals surface area contributed by atoms with Crippen molar-refractivity contribution in [2.45, 2.75) is 98.7 Å². The molecule has 0 fully saturated rings. The van der Waals surface area contributed by atoms with Gasteiger partial charge in [0.1, 0.15) is 0 Å². The van der Waals surface area contributed by atoms with Crippen LogP contribution < -0.4 is 0 Å². The lowest BCUT2D eigenvalue weighted by Gasteiger charge is -2.39. The van der Waals surface area contributed by atoms with E-state index in [1.54, 1.807) is 24.4 Å². The lowest BCUT2D eigenvalue weighted by molar-refractivity contribution is 0.281. The molecule has 0 amide bonds. The first-order valence-corrected chi connectivity index (χ1v) is 18.3. The first-order valence-electron chi connectivity index (χ1n) is 12.9. The third kappa shape index (κ3) is 5.95. The highest BCUT2D eigenvalue weighted by molar-refractivity contribution is 7.98. The molecule has 0 radical (unpaired) electrons. The zero-order valence-electron chi connectivity index (χ0n) is 23.5. The summed E-state index contributed by atoms with van der Waals surface area (Å²) < 4.78 is 6.49. The van der Waals surface area contributed by atoms with Crippen LogP contribution in [0.5, 0.6) is 0 Å². The van der Waals surface area contributed by atoms with Gasteiger partial charge in [-0.3, -0.25) is 0 Å². The molecule has 1 aliphatic heterocycles. The van der Waals surface area contributed by atoms with Crippen molar-refractivity contribution in [3.8, 4) is 0 Å². The molecule has 2 atom stereocenters. The van der Waals surface area contributed by atoms with Crippen molar-refractivity contribution in [2.75, 3.05) is 12.8 Å². The van der Waals surface area contributed by atoms with Crippen LogP contribution in [0.2, 0.25) is 18.1 Å². The number of hydrogen-bond donors (Lipinski definition) is 0. The predicted octanol–water partition coefficient (Wildman–Crippen LogP) is 9.96. The summed E-state index contributed by atoms with van der Waals surface area (Å²) in [6.07, 6.45) is 3.77. The van der Waals surface area contributed by atoms with Gasteiger partial charge < -0.3 is 4.43 Å². The molecule has 0 saturated heterocycles. The van der Waals surface area contributed by atoms with Gasteiger partial charge in [0.25, 0.3) is 0 Å². The molecule has 1 aliphatic rings. The van der Waals surface area contributed by atoms with Crippen molar-refractivity contribution in [1.82, 2.24) is 0 Å². The molecule has 0 bridgehead atoms. The van der Waals surface area contributed by atoms with Gasteiger partial charge in [-0.15, -0.1) is 0 Å². The van der Waals surface area contributed by atoms with E-state index < -0.39 is 8.32 Å². The average molecular weight is 513 g/mol. The van der Waals surface area contributed by atoms with E-state index in [1.165, 1.54) is 52.4 Å². The second-order valence-corrected chi connectivity index (χ2v) is 21.1. The Hall–Kier alpha value is -0.783. The van der Waals surface area contributed by atoms with Gasteiger partial charge in [0.2, 0.25) is 0 Å². The molecule has 0 spiro atoms. The molecule has 34 heavy (non-hydrogen) atoms. The molecular formula is C30H46OP2Si. The maximum absolute atomic E-state index is 6.49. The van der Waals surface area contributed by atoms with Crippen molar-refractivity contribution in [3.05, 3.63) is 68.8 Å². The van der Waals surface area contributed by atoms with E-state index in [-0.39, 0.29) is 13.0 Å². The first kappa shape index (κ1) is 27.8. The van der Waals surface area contributed by atoms with Crippen molar-refractivity contribution in [2.24, 2.45) is 0 Å². The maximum Gasteiger partial charge on any atom is 0.191 e. The van der Waals surface area contributed by atoms with Crippen molar-refractivity contribution in [1.29, 1.82) is 0 Å². The minimum atomic E-state index is -1.65. The van der Waals surface area contributed by atoms with Crippen LogP contribution in [0.1, 0.15) is 83.5 Å². The third-order valence-electron chi connectivity index (χ3n) is 7.77. The van der Waals surface area contributed by atoms with Crippen molar-refractivity contribution >= 4 is 29.5 Å². The van der Waals surface area contributed by atoms with Crippen LogP contribution in [0, 0.1) is 41.5 Å². The molecule has 0 aromatic heterocycles. The maximum atomic E-state index is 6.49. The summed E-state index contributed by atoms with van der Waals surface area (Å²) in [5, 5.41) is 2.71. The summed E-state index contributed by atoms with van der Waals surface area (Å²) in [5.41, 5.74) is 11.9. The van der Waals surface area contributed by atoms with Crippen LogP contribution in [0.4, 0.5) is 0 Å². The first-order chi connectivity index (χ1) is 15.7. The topological polar surface area (TPSA) is 9.23 Å². The quantitative estimate of drug-likeness (QED) is 0.194. The normalized spacial score (nSPS) is 19.1. The number of rotatable bonds is 8. The van der Waals surface area contributed by atoms with Gasteiger partial charge >= 0.3 is 0 Å². The van der Waals surface area contributed by atoms with Crippen molar-refractivity contribution in [3.63, 3.8) is 0 Å². The molecule has 3 rings (SSSR count). The highest BCUT2D eigenvalue weighted by Gasteiger charge is 2.38.